The molecule has 30 heavy (non-hydrogen) atoms. The number of sulfonamides is 1. The molecule has 0 aromatic heterocycles. The van der Waals surface area contributed by atoms with E-state index in [0.717, 1.165) is 0 Å². The van der Waals surface area contributed by atoms with Gasteiger partial charge in [-0.3, -0.25) is 10.1 Å². The van der Waals surface area contributed by atoms with Gasteiger partial charge in [0.05, 0.1) is 9.82 Å². The molecule has 1 aliphatic rings. The lowest BCUT2D eigenvalue weighted by Gasteiger charge is -2.20. The van der Waals surface area contributed by atoms with Crippen molar-refractivity contribution in [3.8, 4) is 0 Å². The highest BCUT2D eigenvalue weighted by atomic mass is 32.2. The van der Waals surface area contributed by atoms with Gasteiger partial charge in [0.2, 0.25) is 10.0 Å². The van der Waals surface area contributed by atoms with E-state index in [1.807, 2.05) is 13.8 Å². The van der Waals surface area contributed by atoms with Crippen molar-refractivity contribution in [1.29, 1.82) is 0 Å². The van der Waals surface area contributed by atoms with Crippen LogP contribution in [-0.2, 0) is 16.4 Å². The van der Waals surface area contributed by atoms with Crippen molar-refractivity contribution in [3.05, 3.63) is 33.9 Å². The van der Waals surface area contributed by atoms with Crippen molar-refractivity contribution >= 4 is 21.8 Å². The van der Waals surface area contributed by atoms with Gasteiger partial charge < -0.3 is 15.7 Å². The number of non-ortho nitro benzene ring substituents is 1. The number of nitro groups is 1. The number of aryl methyl sites for hydroxylation is 1. The first-order valence-electron chi connectivity index (χ1n) is 10.0. The highest BCUT2D eigenvalue weighted by Gasteiger charge is 2.38. The Morgan fingerprint density at radius 2 is 2.10 bits per heavy atom. The molecule has 2 atom stereocenters. The summed E-state index contributed by atoms with van der Waals surface area (Å²) in [6, 6.07) is 3.17. The van der Waals surface area contributed by atoms with Gasteiger partial charge in [-0.25, -0.2) is 17.9 Å². The van der Waals surface area contributed by atoms with Crippen LogP contribution >= 0.6 is 0 Å². The standard InChI is InChI=1S/C19H30N4O6S/c1-13(2)5-6-14-10-16(23(26)27)7-8-18(14)30(28,29)21-17-12-22(19(24)25)11-15(17)4-3-9-20/h7-8,10,13,15,17,21H,3-6,9,11-12,20H2,1-2H3,(H,24,25)/t15-,17-/m1/s1. The number of nitro benzene ring substituents is 1. The Kier molecular flexibility index (Phi) is 8.16. The summed E-state index contributed by atoms with van der Waals surface area (Å²) in [7, 11) is -4.00. The molecule has 168 valence electrons. The number of carbonyl (C=O) groups is 1. The van der Waals surface area contributed by atoms with Crippen LogP contribution in [0.4, 0.5) is 10.5 Å². The number of hydrogen-bond acceptors (Lipinski definition) is 6. The summed E-state index contributed by atoms with van der Waals surface area (Å²) in [5.74, 6) is 0.115. The van der Waals surface area contributed by atoms with Crippen LogP contribution in [-0.4, -0.2) is 55.1 Å². The van der Waals surface area contributed by atoms with Gasteiger partial charge in [-0.2, -0.15) is 0 Å². The van der Waals surface area contributed by atoms with E-state index in [0.29, 0.717) is 43.7 Å². The number of likely N-dealkylation sites (tertiary alicyclic amines) is 1. The monoisotopic (exact) mass is 442 g/mol. The number of hydrogen-bond donors (Lipinski definition) is 3. The number of nitrogens with zero attached hydrogens (tertiary/aromatic N) is 2. The maximum Gasteiger partial charge on any atom is 0.407 e. The molecule has 10 nitrogen and oxygen atoms in total. The smallest absolute Gasteiger partial charge is 0.407 e. The molecule has 2 rings (SSSR count). The number of carboxylic acid groups (broad SMARTS) is 1. The largest absolute Gasteiger partial charge is 0.465 e. The number of nitrogens with one attached hydrogen (secondary N) is 1. The molecule has 11 heteroatoms. The summed E-state index contributed by atoms with van der Waals surface area (Å²) in [6.45, 7) is 4.71. The predicted octanol–water partition coefficient (Wildman–Crippen LogP) is 2.18. The Hall–Kier alpha value is -2.24. The van der Waals surface area contributed by atoms with Gasteiger partial charge in [0.15, 0.2) is 0 Å². The normalized spacial score (nSPS) is 19.4. The molecule has 1 aromatic carbocycles. The fourth-order valence-electron chi connectivity index (χ4n) is 3.68. The first-order chi connectivity index (χ1) is 14.0. The topological polar surface area (TPSA) is 156 Å². The Morgan fingerprint density at radius 3 is 2.67 bits per heavy atom. The highest BCUT2D eigenvalue weighted by Crippen LogP contribution is 2.27. The average Bonchev–Trinajstić information content (AvgIpc) is 3.06. The van der Waals surface area contributed by atoms with E-state index in [9.17, 15) is 28.4 Å². The molecule has 1 amide bonds. The summed E-state index contributed by atoms with van der Waals surface area (Å²) in [5, 5.41) is 20.4. The fraction of sp³-hybridized carbons (Fsp3) is 0.632. The highest BCUT2D eigenvalue weighted by molar-refractivity contribution is 7.89. The lowest BCUT2D eigenvalue weighted by atomic mass is 9.99. The second-order valence-electron chi connectivity index (χ2n) is 8.09. The van der Waals surface area contributed by atoms with Gasteiger partial charge in [-0.05, 0) is 55.7 Å². The number of benzene rings is 1. The Balaban J connectivity index is 2.32. The zero-order chi connectivity index (χ0) is 22.5. The van der Waals surface area contributed by atoms with Crippen molar-refractivity contribution in [2.75, 3.05) is 19.6 Å². The molecular formula is C19H30N4O6S. The summed E-state index contributed by atoms with van der Waals surface area (Å²) < 4.78 is 29.0. The molecule has 4 N–H and O–H groups in total. The minimum Gasteiger partial charge on any atom is -0.465 e. The average molecular weight is 443 g/mol. The maximum atomic E-state index is 13.2. The zero-order valence-electron chi connectivity index (χ0n) is 17.3. The van der Waals surface area contributed by atoms with Gasteiger partial charge in [0.1, 0.15) is 0 Å². The van der Waals surface area contributed by atoms with Crippen LogP contribution in [0.1, 0.15) is 38.7 Å². The zero-order valence-corrected chi connectivity index (χ0v) is 18.1. The third-order valence-corrected chi connectivity index (χ3v) is 6.92. The van der Waals surface area contributed by atoms with Gasteiger partial charge in [-0.15, -0.1) is 0 Å². The quantitative estimate of drug-likeness (QED) is 0.370. The Bertz CT molecular complexity index is 874. The van der Waals surface area contributed by atoms with Crippen molar-refractivity contribution in [1.82, 2.24) is 9.62 Å². The molecule has 1 aromatic rings. The molecule has 1 aliphatic heterocycles. The molecule has 1 fully saturated rings. The first kappa shape index (κ1) is 24.0. The maximum absolute atomic E-state index is 13.2. The minimum absolute atomic E-state index is 0.0000925. The van der Waals surface area contributed by atoms with Gasteiger partial charge in [0, 0.05) is 31.3 Å². The van der Waals surface area contributed by atoms with E-state index in [1.165, 1.54) is 23.1 Å². The number of rotatable bonds is 10. The molecule has 1 heterocycles. The van der Waals surface area contributed by atoms with E-state index in [4.69, 9.17) is 5.73 Å². The van der Waals surface area contributed by atoms with E-state index >= 15 is 0 Å². The van der Waals surface area contributed by atoms with Crippen LogP contribution in [0.5, 0.6) is 0 Å². The lowest BCUT2D eigenvalue weighted by molar-refractivity contribution is -0.385. The Labute approximate surface area is 176 Å². The summed E-state index contributed by atoms with van der Waals surface area (Å²) >= 11 is 0. The van der Waals surface area contributed by atoms with Crippen LogP contribution in [0.2, 0.25) is 0 Å². The third-order valence-electron chi connectivity index (χ3n) is 5.33. The predicted molar refractivity (Wildman–Crippen MR) is 112 cm³/mol. The summed E-state index contributed by atoms with van der Waals surface area (Å²) in [6.07, 6.45) is 1.24. The third kappa shape index (κ3) is 6.13. The molecule has 0 unspecified atom stereocenters. The van der Waals surface area contributed by atoms with Gasteiger partial charge in [0.25, 0.3) is 5.69 Å². The van der Waals surface area contributed by atoms with Gasteiger partial charge >= 0.3 is 6.09 Å². The molecule has 1 saturated heterocycles. The van der Waals surface area contributed by atoms with Crippen LogP contribution in [0.15, 0.2) is 23.1 Å². The molecule has 0 bridgehead atoms. The molecule has 0 radical (unpaired) electrons. The van der Waals surface area contributed by atoms with Crippen molar-refractivity contribution in [2.45, 2.75) is 50.5 Å². The van der Waals surface area contributed by atoms with Crippen LogP contribution in [0.3, 0.4) is 0 Å². The van der Waals surface area contributed by atoms with E-state index in [1.54, 1.807) is 0 Å². The Morgan fingerprint density at radius 1 is 1.40 bits per heavy atom. The molecule has 0 spiro atoms. The molecular weight excluding hydrogens is 412 g/mol. The van der Waals surface area contributed by atoms with Crippen molar-refractivity contribution in [3.63, 3.8) is 0 Å². The number of nitrogens with two attached hydrogens (primary N) is 1. The summed E-state index contributed by atoms with van der Waals surface area (Å²) in [4.78, 5) is 23.2. The first-order valence-corrected chi connectivity index (χ1v) is 11.5. The van der Waals surface area contributed by atoms with E-state index < -0.39 is 27.1 Å². The second-order valence-corrected chi connectivity index (χ2v) is 9.77. The van der Waals surface area contributed by atoms with Crippen molar-refractivity contribution in [2.24, 2.45) is 17.6 Å². The van der Waals surface area contributed by atoms with Crippen LogP contribution in [0.25, 0.3) is 0 Å². The SMILES string of the molecule is CC(C)CCc1cc([N+](=O)[O-])ccc1S(=O)(=O)N[C@@H]1CN(C(=O)O)C[C@H]1CCCN. The fourth-order valence-corrected chi connectivity index (χ4v) is 5.22. The molecule has 0 saturated carbocycles. The lowest BCUT2D eigenvalue weighted by Crippen LogP contribution is -2.41. The van der Waals surface area contributed by atoms with E-state index in [-0.39, 0.29) is 29.6 Å². The minimum atomic E-state index is -4.00. The summed E-state index contributed by atoms with van der Waals surface area (Å²) in [5.41, 5.74) is 5.78. The van der Waals surface area contributed by atoms with Crippen LogP contribution < -0.4 is 10.5 Å². The molecule has 0 aliphatic carbocycles. The number of amides is 1. The van der Waals surface area contributed by atoms with Gasteiger partial charge in [-0.1, -0.05) is 13.8 Å². The van der Waals surface area contributed by atoms with E-state index in [2.05, 4.69) is 4.72 Å². The van der Waals surface area contributed by atoms with Crippen molar-refractivity contribution < 1.29 is 23.2 Å². The van der Waals surface area contributed by atoms with Crippen LogP contribution in [0, 0.1) is 22.0 Å². The second kappa shape index (κ2) is 10.2.